The maximum Gasteiger partial charge on any atom is 0.252 e. The van der Waals surface area contributed by atoms with Gasteiger partial charge in [-0.2, -0.15) is 5.26 Å². The highest BCUT2D eigenvalue weighted by atomic mass is 35.5. The molecule has 1 aromatic rings. The van der Waals surface area contributed by atoms with Crippen LogP contribution in [0.5, 0.6) is 0 Å². The second-order valence-corrected chi connectivity index (χ2v) is 3.19. The highest BCUT2D eigenvalue weighted by Gasteiger charge is 2.09. The Morgan fingerprint density at radius 3 is 2.54 bits per heavy atom. The Morgan fingerprint density at radius 1 is 1.46 bits per heavy atom. The molecule has 0 spiro atoms. The molecule has 0 aliphatic carbocycles. The van der Waals surface area contributed by atoms with Crippen molar-refractivity contribution in [2.45, 2.75) is 13.8 Å². The second kappa shape index (κ2) is 3.59. The van der Waals surface area contributed by atoms with E-state index in [0.717, 1.165) is 11.1 Å². The summed E-state index contributed by atoms with van der Waals surface area (Å²) in [6.45, 7) is 3.66. The molecule has 0 radical (unpaired) electrons. The molecule has 0 unspecified atom stereocenters. The van der Waals surface area contributed by atoms with Gasteiger partial charge in [0.15, 0.2) is 0 Å². The maximum absolute atomic E-state index is 10.9. The summed E-state index contributed by atoms with van der Waals surface area (Å²) >= 11 is 5.36. The van der Waals surface area contributed by atoms with Crippen LogP contribution in [-0.2, 0) is 0 Å². The van der Waals surface area contributed by atoms with E-state index in [2.05, 4.69) is 0 Å². The lowest BCUT2D eigenvalue weighted by Gasteiger charge is -2.04. The first kappa shape index (κ1) is 9.76. The summed E-state index contributed by atoms with van der Waals surface area (Å²) in [4.78, 5) is 10.9. The van der Waals surface area contributed by atoms with Crippen molar-refractivity contribution >= 4 is 16.8 Å². The first-order valence-corrected chi connectivity index (χ1v) is 4.15. The number of nitrogens with zero attached hydrogens (tertiary/aromatic N) is 1. The molecule has 0 heterocycles. The van der Waals surface area contributed by atoms with Crippen molar-refractivity contribution in [1.29, 1.82) is 5.26 Å². The molecule has 0 saturated carbocycles. The largest absolute Gasteiger partial charge is 0.276 e. The molecule has 2 nitrogen and oxygen atoms in total. The fourth-order valence-electron chi connectivity index (χ4n) is 1.13. The van der Waals surface area contributed by atoms with Crippen LogP contribution in [-0.4, -0.2) is 5.24 Å². The zero-order valence-electron chi connectivity index (χ0n) is 7.39. The number of aryl methyl sites for hydroxylation is 1. The van der Waals surface area contributed by atoms with Crippen molar-refractivity contribution in [2.24, 2.45) is 0 Å². The number of hydrogen-bond acceptors (Lipinski definition) is 2. The molecular weight excluding hydrogens is 186 g/mol. The Morgan fingerprint density at radius 2 is 2.08 bits per heavy atom. The predicted molar refractivity (Wildman–Crippen MR) is 50.8 cm³/mol. The van der Waals surface area contributed by atoms with Crippen molar-refractivity contribution < 1.29 is 4.79 Å². The van der Waals surface area contributed by atoms with Crippen LogP contribution in [0.3, 0.4) is 0 Å². The van der Waals surface area contributed by atoms with Crippen molar-refractivity contribution in [2.75, 3.05) is 0 Å². The average Bonchev–Trinajstić information content (AvgIpc) is 2.09. The molecule has 0 atom stereocenters. The number of halogens is 1. The molecule has 1 rings (SSSR count). The smallest absolute Gasteiger partial charge is 0.252 e. The SMILES string of the molecule is Cc1cc(C#N)cc(C(=O)Cl)c1C. The summed E-state index contributed by atoms with van der Waals surface area (Å²) in [5.74, 6) is 0. The van der Waals surface area contributed by atoms with Gasteiger partial charge in [-0.05, 0) is 48.7 Å². The number of hydrogen-bond donors (Lipinski definition) is 0. The lowest BCUT2D eigenvalue weighted by atomic mass is 10.0. The summed E-state index contributed by atoms with van der Waals surface area (Å²) < 4.78 is 0. The van der Waals surface area contributed by atoms with Gasteiger partial charge in [-0.1, -0.05) is 0 Å². The van der Waals surface area contributed by atoms with Gasteiger partial charge in [-0.3, -0.25) is 4.79 Å². The molecule has 0 aliphatic rings. The molecule has 0 bridgehead atoms. The summed E-state index contributed by atoms with van der Waals surface area (Å²) in [6.07, 6.45) is 0. The van der Waals surface area contributed by atoms with Gasteiger partial charge < -0.3 is 0 Å². The summed E-state index contributed by atoms with van der Waals surface area (Å²) in [7, 11) is 0. The quantitative estimate of drug-likeness (QED) is 0.644. The van der Waals surface area contributed by atoms with Crippen LogP contribution < -0.4 is 0 Å². The van der Waals surface area contributed by atoms with Gasteiger partial charge in [-0.15, -0.1) is 0 Å². The molecule has 0 saturated heterocycles. The Hall–Kier alpha value is -1.33. The first-order chi connectivity index (χ1) is 6.06. The van der Waals surface area contributed by atoms with Gasteiger partial charge in [0.2, 0.25) is 0 Å². The highest BCUT2D eigenvalue weighted by Crippen LogP contribution is 2.17. The zero-order valence-corrected chi connectivity index (χ0v) is 8.14. The number of nitriles is 1. The maximum atomic E-state index is 10.9. The topological polar surface area (TPSA) is 40.9 Å². The molecule has 0 fully saturated rings. The molecule has 66 valence electrons. The predicted octanol–water partition coefficient (Wildman–Crippen LogP) is 2.55. The molecule has 3 heteroatoms. The highest BCUT2D eigenvalue weighted by molar-refractivity contribution is 6.67. The lowest BCUT2D eigenvalue weighted by molar-refractivity contribution is 0.108. The normalized spacial score (nSPS) is 9.38. The van der Waals surface area contributed by atoms with Crippen LogP contribution >= 0.6 is 11.6 Å². The minimum absolute atomic E-state index is 0.415. The molecule has 1 aromatic carbocycles. The van der Waals surface area contributed by atoms with Crippen molar-refractivity contribution in [3.8, 4) is 6.07 Å². The Bertz CT molecular complexity index is 404. The molecular formula is C10H8ClNO. The van der Waals surface area contributed by atoms with Crippen LogP contribution in [0.15, 0.2) is 12.1 Å². The Labute approximate surface area is 81.7 Å². The van der Waals surface area contributed by atoms with E-state index in [4.69, 9.17) is 16.9 Å². The second-order valence-electron chi connectivity index (χ2n) is 2.85. The Kier molecular flexibility index (Phi) is 2.69. The third kappa shape index (κ3) is 1.88. The average molecular weight is 194 g/mol. The van der Waals surface area contributed by atoms with Crippen molar-refractivity contribution in [1.82, 2.24) is 0 Å². The van der Waals surface area contributed by atoms with E-state index in [1.54, 1.807) is 6.07 Å². The van der Waals surface area contributed by atoms with Crippen LogP contribution in [0.4, 0.5) is 0 Å². The number of benzene rings is 1. The fourth-order valence-corrected chi connectivity index (χ4v) is 1.32. The van der Waals surface area contributed by atoms with E-state index < -0.39 is 5.24 Å². The summed E-state index contributed by atoms with van der Waals surface area (Å²) in [5.41, 5.74) is 2.62. The minimum Gasteiger partial charge on any atom is -0.276 e. The van der Waals surface area contributed by atoms with Gasteiger partial charge in [-0.25, -0.2) is 0 Å². The molecule has 13 heavy (non-hydrogen) atoms. The zero-order chi connectivity index (χ0) is 10.0. The van der Waals surface area contributed by atoms with E-state index in [1.165, 1.54) is 6.07 Å². The monoisotopic (exact) mass is 193 g/mol. The van der Waals surface area contributed by atoms with Gasteiger partial charge in [0.25, 0.3) is 5.24 Å². The van der Waals surface area contributed by atoms with E-state index in [1.807, 2.05) is 19.9 Å². The molecule has 0 aliphatic heterocycles. The molecule has 0 N–H and O–H groups in total. The van der Waals surface area contributed by atoms with Gasteiger partial charge >= 0.3 is 0 Å². The van der Waals surface area contributed by atoms with Gasteiger partial charge in [0, 0.05) is 5.56 Å². The van der Waals surface area contributed by atoms with Crippen LogP contribution in [0.2, 0.25) is 0 Å². The molecule has 0 aromatic heterocycles. The Balaban J connectivity index is 3.44. The molecule has 0 amide bonds. The van der Waals surface area contributed by atoms with E-state index >= 15 is 0 Å². The first-order valence-electron chi connectivity index (χ1n) is 3.77. The van der Waals surface area contributed by atoms with Crippen molar-refractivity contribution in [3.63, 3.8) is 0 Å². The van der Waals surface area contributed by atoms with Crippen LogP contribution in [0.25, 0.3) is 0 Å². The van der Waals surface area contributed by atoms with Gasteiger partial charge in [0.1, 0.15) is 0 Å². The summed E-state index contributed by atoms with van der Waals surface area (Å²) in [5, 5.41) is 8.14. The van der Waals surface area contributed by atoms with Crippen molar-refractivity contribution in [3.05, 3.63) is 34.4 Å². The summed E-state index contributed by atoms with van der Waals surface area (Å²) in [6, 6.07) is 5.23. The fraction of sp³-hybridized carbons (Fsp3) is 0.200. The minimum atomic E-state index is -0.516. The lowest BCUT2D eigenvalue weighted by Crippen LogP contribution is -1.97. The van der Waals surface area contributed by atoms with E-state index in [0.29, 0.717) is 11.1 Å². The van der Waals surface area contributed by atoms with E-state index in [-0.39, 0.29) is 0 Å². The van der Waals surface area contributed by atoms with Crippen LogP contribution in [0.1, 0.15) is 27.0 Å². The van der Waals surface area contributed by atoms with Crippen LogP contribution in [0, 0.1) is 25.2 Å². The van der Waals surface area contributed by atoms with E-state index in [9.17, 15) is 4.79 Å². The number of carbonyl (C=O) groups excluding carboxylic acids is 1. The number of rotatable bonds is 1. The third-order valence-electron chi connectivity index (χ3n) is 2.01. The van der Waals surface area contributed by atoms with Gasteiger partial charge in [0.05, 0.1) is 11.6 Å². The standard InChI is InChI=1S/C10H8ClNO/c1-6-3-8(5-12)4-9(7(6)2)10(11)13/h3-4H,1-2H3. The number of carbonyl (C=O) groups is 1. The third-order valence-corrected chi connectivity index (χ3v) is 2.21.